The number of fused-ring (bicyclic) bond motifs is 1. The summed E-state index contributed by atoms with van der Waals surface area (Å²) in [4.78, 5) is 1.33. The minimum atomic E-state index is 1.01. The third-order valence-corrected chi connectivity index (χ3v) is 4.21. The van der Waals surface area contributed by atoms with E-state index < -0.39 is 0 Å². The van der Waals surface area contributed by atoms with Gasteiger partial charge in [-0.15, -0.1) is 11.8 Å². The highest BCUT2D eigenvalue weighted by Gasteiger charge is 2.15. The van der Waals surface area contributed by atoms with E-state index >= 15 is 0 Å². The first-order chi connectivity index (χ1) is 9.33. The standard InChI is InChI=1S/C16H16N2S/c1-12-5-4-6-13(11-12)17-18-15-9-10-19-16-8-3-2-7-14(15)16/h2-8,11,17H,9-10H2,1H3/b18-15-. The zero-order valence-corrected chi connectivity index (χ0v) is 11.7. The van der Waals surface area contributed by atoms with Gasteiger partial charge in [-0.3, -0.25) is 5.43 Å². The van der Waals surface area contributed by atoms with Gasteiger partial charge in [-0.25, -0.2) is 0 Å². The van der Waals surface area contributed by atoms with Crippen molar-refractivity contribution in [2.45, 2.75) is 18.2 Å². The van der Waals surface area contributed by atoms with Crippen molar-refractivity contribution in [2.24, 2.45) is 5.10 Å². The number of hydrogen-bond acceptors (Lipinski definition) is 3. The minimum Gasteiger partial charge on any atom is -0.278 e. The maximum absolute atomic E-state index is 4.59. The Morgan fingerprint density at radius 3 is 2.89 bits per heavy atom. The van der Waals surface area contributed by atoms with Crippen LogP contribution >= 0.6 is 11.8 Å². The summed E-state index contributed by atoms with van der Waals surface area (Å²) in [5.74, 6) is 1.10. The van der Waals surface area contributed by atoms with Crippen LogP contribution in [-0.2, 0) is 0 Å². The van der Waals surface area contributed by atoms with Crippen molar-refractivity contribution >= 4 is 23.2 Å². The molecule has 2 aromatic rings. The topological polar surface area (TPSA) is 24.4 Å². The molecule has 1 aliphatic heterocycles. The van der Waals surface area contributed by atoms with E-state index in [1.807, 2.05) is 23.9 Å². The van der Waals surface area contributed by atoms with E-state index in [0.29, 0.717) is 0 Å². The summed E-state index contributed by atoms with van der Waals surface area (Å²) in [6.07, 6.45) is 1.01. The molecule has 3 rings (SSSR count). The van der Waals surface area contributed by atoms with Gasteiger partial charge in [0.25, 0.3) is 0 Å². The molecular weight excluding hydrogens is 252 g/mol. The van der Waals surface area contributed by atoms with Gasteiger partial charge in [0.15, 0.2) is 0 Å². The van der Waals surface area contributed by atoms with Crippen LogP contribution in [0, 0.1) is 6.92 Å². The predicted octanol–water partition coefficient (Wildman–Crippen LogP) is 4.31. The Labute approximate surface area is 117 Å². The average molecular weight is 268 g/mol. The van der Waals surface area contributed by atoms with Gasteiger partial charge in [-0.1, -0.05) is 30.3 Å². The molecule has 0 atom stereocenters. The summed E-state index contributed by atoms with van der Waals surface area (Å²) in [5, 5.41) is 4.59. The van der Waals surface area contributed by atoms with E-state index in [0.717, 1.165) is 23.6 Å². The highest BCUT2D eigenvalue weighted by atomic mass is 32.2. The fourth-order valence-corrected chi connectivity index (χ4v) is 3.22. The van der Waals surface area contributed by atoms with Gasteiger partial charge >= 0.3 is 0 Å². The molecule has 0 aromatic heterocycles. The monoisotopic (exact) mass is 268 g/mol. The van der Waals surface area contributed by atoms with Crippen LogP contribution in [0.5, 0.6) is 0 Å². The van der Waals surface area contributed by atoms with Crippen molar-refractivity contribution in [3.63, 3.8) is 0 Å². The minimum absolute atomic E-state index is 1.01. The largest absolute Gasteiger partial charge is 0.278 e. The van der Waals surface area contributed by atoms with Crippen LogP contribution < -0.4 is 5.43 Å². The number of thioether (sulfide) groups is 1. The first-order valence-electron chi connectivity index (χ1n) is 6.44. The average Bonchev–Trinajstić information content (AvgIpc) is 2.45. The molecule has 0 saturated heterocycles. The van der Waals surface area contributed by atoms with Crippen molar-refractivity contribution < 1.29 is 0 Å². The Bertz CT molecular complexity index is 620. The van der Waals surface area contributed by atoms with Crippen molar-refractivity contribution in [1.82, 2.24) is 0 Å². The SMILES string of the molecule is Cc1cccc(N/N=C2/CCSc3ccccc32)c1. The molecule has 2 nitrogen and oxygen atoms in total. The fraction of sp³-hybridized carbons (Fsp3) is 0.188. The Morgan fingerprint density at radius 2 is 2.00 bits per heavy atom. The molecule has 0 saturated carbocycles. The van der Waals surface area contributed by atoms with Gasteiger partial charge < -0.3 is 0 Å². The summed E-state index contributed by atoms with van der Waals surface area (Å²) in [6.45, 7) is 2.09. The lowest BCUT2D eigenvalue weighted by atomic mass is 10.1. The van der Waals surface area contributed by atoms with Crippen LogP contribution in [0.1, 0.15) is 17.5 Å². The molecule has 1 aliphatic rings. The van der Waals surface area contributed by atoms with Crippen molar-refractivity contribution in [2.75, 3.05) is 11.2 Å². The number of aryl methyl sites for hydroxylation is 1. The lowest BCUT2D eigenvalue weighted by Gasteiger charge is -2.17. The summed E-state index contributed by atoms with van der Waals surface area (Å²) < 4.78 is 0. The van der Waals surface area contributed by atoms with Gasteiger partial charge in [0.1, 0.15) is 0 Å². The predicted molar refractivity (Wildman–Crippen MR) is 83.1 cm³/mol. The van der Waals surface area contributed by atoms with Crippen molar-refractivity contribution in [3.8, 4) is 0 Å². The van der Waals surface area contributed by atoms with Gasteiger partial charge in [0.05, 0.1) is 11.4 Å². The molecule has 2 aromatic carbocycles. The molecule has 1 heterocycles. The Morgan fingerprint density at radius 1 is 1.11 bits per heavy atom. The third-order valence-electron chi connectivity index (χ3n) is 3.13. The first-order valence-corrected chi connectivity index (χ1v) is 7.43. The molecule has 0 spiro atoms. The third kappa shape index (κ3) is 2.82. The molecule has 96 valence electrons. The second-order valence-electron chi connectivity index (χ2n) is 4.63. The fourth-order valence-electron chi connectivity index (χ4n) is 2.19. The molecule has 0 aliphatic carbocycles. The molecule has 3 heteroatoms. The molecule has 0 unspecified atom stereocenters. The van der Waals surface area contributed by atoms with E-state index in [4.69, 9.17) is 0 Å². The Balaban J connectivity index is 1.85. The zero-order chi connectivity index (χ0) is 13.1. The second kappa shape index (κ2) is 5.49. The van der Waals surface area contributed by atoms with Crippen LogP contribution in [0.3, 0.4) is 0 Å². The van der Waals surface area contributed by atoms with Crippen LogP contribution in [0.25, 0.3) is 0 Å². The van der Waals surface area contributed by atoms with Crippen molar-refractivity contribution in [1.29, 1.82) is 0 Å². The number of rotatable bonds is 2. The molecule has 0 amide bonds. The smallest absolute Gasteiger partial charge is 0.0699 e. The summed E-state index contributed by atoms with van der Waals surface area (Å²) in [6, 6.07) is 16.8. The Hall–Kier alpha value is -1.74. The van der Waals surface area contributed by atoms with Gasteiger partial charge in [0, 0.05) is 22.6 Å². The van der Waals surface area contributed by atoms with E-state index in [-0.39, 0.29) is 0 Å². The van der Waals surface area contributed by atoms with E-state index in [2.05, 4.69) is 53.8 Å². The van der Waals surface area contributed by atoms with Gasteiger partial charge in [0.2, 0.25) is 0 Å². The van der Waals surface area contributed by atoms with Gasteiger partial charge in [-0.05, 0) is 30.7 Å². The van der Waals surface area contributed by atoms with Crippen LogP contribution in [-0.4, -0.2) is 11.5 Å². The van der Waals surface area contributed by atoms with E-state index in [9.17, 15) is 0 Å². The summed E-state index contributed by atoms with van der Waals surface area (Å²) in [5.41, 5.74) is 7.87. The summed E-state index contributed by atoms with van der Waals surface area (Å²) in [7, 11) is 0. The highest BCUT2D eigenvalue weighted by Crippen LogP contribution is 2.30. The molecular formula is C16H16N2S. The van der Waals surface area contributed by atoms with Crippen molar-refractivity contribution in [3.05, 3.63) is 59.7 Å². The molecule has 0 radical (unpaired) electrons. The maximum Gasteiger partial charge on any atom is 0.0699 e. The molecule has 0 bridgehead atoms. The number of nitrogens with zero attached hydrogens (tertiary/aromatic N) is 1. The maximum atomic E-state index is 4.59. The normalized spacial score (nSPS) is 16.2. The number of anilines is 1. The number of nitrogens with one attached hydrogen (secondary N) is 1. The van der Waals surface area contributed by atoms with Crippen LogP contribution in [0.15, 0.2) is 58.5 Å². The molecule has 19 heavy (non-hydrogen) atoms. The number of hydrogen-bond donors (Lipinski definition) is 1. The number of hydrazone groups is 1. The Kier molecular flexibility index (Phi) is 3.56. The lowest BCUT2D eigenvalue weighted by Crippen LogP contribution is -2.11. The number of benzene rings is 2. The summed E-state index contributed by atoms with van der Waals surface area (Å²) >= 11 is 1.91. The first kappa shape index (κ1) is 12.3. The lowest BCUT2D eigenvalue weighted by molar-refractivity contribution is 1.18. The van der Waals surface area contributed by atoms with E-state index in [1.54, 1.807) is 0 Å². The molecule has 0 fully saturated rings. The highest BCUT2D eigenvalue weighted by molar-refractivity contribution is 7.99. The zero-order valence-electron chi connectivity index (χ0n) is 10.9. The van der Waals surface area contributed by atoms with Crippen LogP contribution in [0.2, 0.25) is 0 Å². The second-order valence-corrected chi connectivity index (χ2v) is 5.77. The van der Waals surface area contributed by atoms with Crippen LogP contribution in [0.4, 0.5) is 5.69 Å². The molecule has 1 N–H and O–H groups in total. The van der Waals surface area contributed by atoms with E-state index in [1.165, 1.54) is 16.0 Å². The quantitative estimate of drug-likeness (QED) is 0.821. The van der Waals surface area contributed by atoms with Gasteiger partial charge in [-0.2, -0.15) is 5.10 Å².